The third-order valence-electron chi connectivity index (χ3n) is 4.16. The summed E-state index contributed by atoms with van der Waals surface area (Å²) < 4.78 is 0. The van der Waals surface area contributed by atoms with E-state index in [1.807, 2.05) is 13.0 Å². The molecule has 0 bridgehead atoms. The molecule has 0 radical (unpaired) electrons. The third-order valence-corrected chi connectivity index (χ3v) is 4.16. The maximum Gasteiger partial charge on any atom is 0.246 e. The first-order chi connectivity index (χ1) is 11.9. The van der Waals surface area contributed by atoms with Crippen molar-refractivity contribution in [3.8, 4) is 6.07 Å². The van der Waals surface area contributed by atoms with Crippen LogP contribution in [0.15, 0.2) is 24.3 Å². The van der Waals surface area contributed by atoms with Gasteiger partial charge in [0.15, 0.2) is 0 Å². The Balaban J connectivity index is 1.94. The maximum atomic E-state index is 12.4. The molecular formula is C18H22N4O3. The van der Waals surface area contributed by atoms with E-state index in [1.54, 1.807) is 34.1 Å². The van der Waals surface area contributed by atoms with Gasteiger partial charge in [0.25, 0.3) is 0 Å². The third kappa shape index (κ3) is 4.80. The Labute approximate surface area is 147 Å². The Morgan fingerprint density at radius 1 is 1.32 bits per heavy atom. The van der Waals surface area contributed by atoms with Gasteiger partial charge in [0.2, 0.25) is 17.7 Å². The van der Waals surface area contributed by atoms with E-state index >= 15 is 0 Å². The highest BCUT2D eigenvalue weighted by Gasteiger charge is 2.32. The molecule has 132 valence electrons. The molecule has 1 aliphatic heterocycles. The SMILES string of the molecule is CC(=O)NCCCC(=O)N1CC(=O)N(c2ccc(C#N)cc2)C[C@@H]1C. The molecule has 25 heavy (non-hydrogen) atoms. The Hall–Kier alpha value is -2.88. The largest absolute Gasteiger partial charge is 0.356 e. The van der Waals surface area contributed by atoms with Crippen LogP contribution in [-0.4, -0.2) is 48.3 Å². The number of hydrogen-bond acceptors (Lipinski definition) is 4. The first kappa shape index (κ1) is 18.5. The summed E-state index contributed by atoms with van der Waals surface area (Å²) in [6, 6.07) is 8.79. The van der Waals surface area contributed by atoms with E-state index in [9.17, 15) is 14.4 Å². The number of benzene rings is 1. The monoisotopic (exact) mass is 342 g/mol. The van der Waals surface area contributed by atoms with Crippen molar-refractivity contribution in [3.05, 3.63) is 29.8 Å². The van der Waals surface area contributed by atoms with Gasteiger partial charge in [-0.1, -0.05) is 0 Å². The minimum absolute atomic E-state index is 0.0418. The Morgan fingerprint density at radius 3 is 2.60 bits per heavy atom. The van der Waals surface area contributed by atoms with Crippen LogP contribution in [0.1, 0.15) is 32.3 Å². The van der Waals surface area contributed by atoms with E-state index in [4.69, 9.17) is 5.26 Å². The Morgan fingerprint density at radius 2 is 2.00 bits per heavy atom. The molecule has 0 unspecified atom stereocenters. The van der Waals surface area contributed by atoms with Crippen LogP contribution < -0.4 is 10.2 Å². The lowest BCUT2D eigenvalue weighted by atomic mass is 10.1. The Bertz CT molecular complexity index is 693. The molecule has 2 rings (SSSR count). The van der Waals surface area contributed by atoms with E-state index in [0.29, 0.717) is 31.5 Å². The lowest BCUT2D eigenvalue weighted by Crippen LogP contribution is -2.57. The number of carbonyl (C=O) groups is 3. The lowest BCUT2D eigenvalue weighted by Gasteiger charge is -2.39. The molecular weight excluding hydrogens is 320 g/mol. The lowest BCUT2D eigenvalue weighted by molar-refractivity contribution is -0.139. The normalized spacial score (nSPS) is 17.2. The Kier molecular flexibility index (Phi) is 6.12. The number of hydrogen-bond donors (Lipinski definition) is 1. The van der Waals surface area contributed by atoms with Crippen molar-refractivity contribution in [2.24, 2.45) is 0 Å². The number of nitrogens with one attached hydrogen (secondary N) is 1. The molecule has 1 aromatic rings. The van der Waals surface area contributed by atoms with Crippen molar-refractivity contribution in [2.45, 2.75) is 32.7 Å². The van der Waals surface area contributed by atoms with Gasteiger partial charge < -0.3 is 15.1 Å². The zero-order valence-electron chi connectivity index (χ0n) is 14.5. The molecule has 3 amide bonds. The van der Waals surface area contributed by atoms with E-state index < -0.39 is 0 Å². The molecule has 7 nitrogen and oxygen atoms in total. The fourth-order valence-corrected chi connectivity index (χ4v) is 2.80. The summed E-state index contributed by atoms with van der Waals surface area (Å²) >= 11 is 0. The zero-order chi connectivity index (χ0) is 18.4. The summed E-state index contributed by atoms with van der Waals surface area (Å²) in [4.78, 5) is 38.8. The van der Waals surface area contributed by atoms with E-state index in [0.717, 1.165) is 5.69 Å². The van der Waals surface area contributed by atoms with Gasteiger partial charge in [-0.2, -0.15) is 5.26 Å². The molecule has 1 aliphatic rings. The highest BCUT2D eigenvalue weighted by Crippen LogP contribution is 2.21. The average Bonchev–Trinajstić information content (AvgIpc) is 2.60. The zero-order valence-corrected chi connectivity index (χ0v) is 14.5. The summed E-state index contributed by atoms with van der Waals surface area (Å²) in [5.41, 5.74) is 1.27. The highest BCUT2D eigenvalue weighted by atomic mass is 16.2. The van der Waals surface area contributed by atoms with Crippen LogP contribution in [0.4, 0.5) is 5.69 Å². The second-order valence-electron chi connectivity index (χ2n) is 6.12. The number of rotatable bonds is 5. The number of nitriles is 1. The van der Waals surface area contributed by atoms with Crippen molar-refractivity contribution in [1.29, 1.82) is 5.26 Å². The second-order valence-corrected chi connectivity index (χ2v) is 6.12. The maximum absolute atomic E-state index is 12.4. The minimum Gasteiger partial charge on any atom is -0.356 e. The molecule has 7 heteroatoms. The summed E-state index contributed by atoms with van der Waals surface area (Å²) in [7, 11) is 0. The minimum atomic E-state index is -0.141. The molecule has 0 aliphatic carbocycles. The molecule has 1 saturated heterocycles. The number of anilines is 1. The highest BCUT2D eigenvalue weighted by molar-refractivity contribution is 5.98. The van der Waals surface area contributed by atoms with Crippen LogP contribution >= 0.6 is 0 Å². The van der Waals surface area contributed by atoms with E-state index in [2.05, 4.69) is 5.32 Å². The van der Waals surface area contributed by atoms with Crippen LogP contribution in [0.5, 0.6) is 0 Å². The smallest absolute Gasteiger partial charge is 0.246 e. The molecule has 1 heterocycles. The van der Waals surface area contributed by atoms with Gasteiger partial charge in [-0.05, 0) is 37.6 Å². The van der Waals surface area contributed by atoms with Crippen molar-refractivity contribution in [3.63, 3.8) is 0 Å². The first-order valence-corrected chi connectivity index (χ1v) is 8.27. The van der Waals surface area contributed by atoms with E-state index in [-0.39, 0.29) is 30.3 Å². The van der Waals surface area contributed by atoms with Crippen LogP contribution in [-0.2, 0) is 14.4 Å². The van der Waals surface area contributed by atoms with Gasteiger partial charge in [0.1, 0.15) is 6.54 Å². The molecule has 1 N–H and O–H groups in total. The van der Waals surface area contributed by atoms with Crippen molar-refractivity contribution >= 4 is 23.4 Å². The molecule has 0 spiro atoms. The molecule has 1 aromatic carbocycles. The van der Waals surface area contributed by atoms with Crippen molar-refractivity contribution in [1.82, 2.24) is 10.2 Å². The van der Waals surface area contributed by atoms with Gasteiger partial charge in [0.05, 0.1) is 11.6 Å². The van der Waals surface area contributed by atoms with Crippen molar-refractivity contribution < 1.29 is 14.4 Å². The van der Waals surface area contributed by atoms with Gasteiger partial charge in [-0.15, -0.1) is 0 Å². The van der Waals surface area contributed by atoms with Crippen LogP contribution in [0.25, 0.3) is 0 Å². The number of nitrogens with zero attached hydrogens (tertiary/aromatic N) is 3. The van der Waals surface area contributed by atoms with Crippen LogP contribution in [0.3, 0.4) is 0 Å². The number of carbonyl (C=O) groups excluding carboxylic acids is 3. The summed E-state index contributed by atoms with van der Waals surface area (Å²) in [6.07, 6.45) is 0.851. The molecule has 1 atom stereocenters. The van der Waals surface area contributed by atoms with Gasteiger partial charge in [0, 0.05) is 38.2 Å². The van der Waals surface area contributed by atoms with Gasteiger partial charge >= 0.3 is 0 Å². The summed E-state index contributed by atoms with van der Waals surface area (Å²) in [5, 5.41) is 11.5. The van der Waals surface area contributed by atoms with Crippen LogP contribution in [0, 0.1) is 11.3 Å². The van der Waals surface area contributed by atoms with E-state index in [1.165, 1.54) is 6.92 Å². The van der Waals surface area contributed by atoms with Crippen molar-refractivity contribution in [2.75, 3.05) is 24.5 Å². The molecule has 0 saturated carbocycles. The second kappa shape index (κ2) is 8.29. The molecule has 1 fully saturated rings. The van der Waals surface area contributed by atoms with Crippen LogP contribution in [0.2, 0.25) is 0 Å². The van der Waals surface area contributed by atoms with Gasteiger partial charge in [-0.25, -0.2) is 0 Å². The summed E-state index contributed by atoms with van der Waals surface area (Å²) in [5.74, 6) is -0.337. The average molecular weight is 342 g/mol. The fourth-order valence-electron chi connectivity index (χ4n) is 2.80. The number of piperazine rings is 1. The topological polar surface area (TPSA) is 93.5 Å². The van der Waals surface area contributed by atoms with Gasteiger partial charge in [-0.3, -0.25) is 14.4 Å². The molecule has 0 aromatic heterocycles. The fraction of sp³-hybridized carbons (Fsp3) is 0.444. The predicted octanol–water partition coefficient (Wildman–Crippen LogP) is 1.04. The predicted molar refractivity (Wildman–Crippen MR) is 92.6 cm³/mol. The summed E-state index contributed by atoms with van der Waals surface area (Å²) in [6.45, 7) is 4.26. The standard InChI is InChI=1S/C18H22N4O3/c1-13-11-22(16-7-5-15(10-19)6-8-16)18(25)12-21(13)17(24)4-3-9-20-14(2)23/h5-8,13H,3-4,9,11-12H2,1-2H3,(H,20,23)/t13-/m0/s1. The quantitative estimate of drug-likeness (QED) is 0.809. The first-order valence-electron chi connectivity index (χ1n) is 8.27. The number of amides is 3.